The fourth-order valence-electron chi connectivity index (χ4n) is 2.45. The van der Waals surface area contributed by atoms with Crippen LogP contribution in [-0.4, -0.2) is 11.5 Å². The van der Waals surface area contributed by atoms with Crippen molar-refractivity contribution in [3.63, 3.8) is 0 Å². The number of hydrogen-bond acceptors (Lipinski definition) is 3. The Kier molecular flexibility index (Phi) is 3.79. The summed E-state index contributed by atoms with van der Waals surface area (Å²) in [5, 5.41) is 5.89. The number of furan rings is 1. The van der Waals surface area contributed by atoms with Crippen molar-refractivity contribution < 1.29 is 4.42 Å². The van der Waals surface area contributed by atoms with Crippen LogP contribution in [0.4, 0.5) is 0 Å². The molecule has 0 radical (unpaired) electrons. The van der Waals surface area contributed by atoms with Crippen LogP contribution in [0, 0.1) is 0 Å². The van der Waals surface area contributed by atoms with Crippen molar-refractivity contribution in [3.8, 4) is 0 Å². The average molecular weight is 266 g/mol. The fourth-order valence-corrected chi connectivity index (χ4v) is 2.45. The van der Waals surface area contributed by atoms with Crippen molar-refractivity contribution in [3.05, 3.63) is 66.4 Å². The SMILES string of the molecule is CCCNC(c1ccco1)c1nccc2ccccc12. The van der Waals surface area contributed by atoms with Gasteiger partial charge in [0, 0.05) is 11.6 Å². The molecule has 1 unspecified atom stereocenters. The standard InChI is InChI=1S/C17H18N2O/c1-2-10-18-17(15-8-5-12-20-15)16-14-7-4-3-6-13(14)9-11-19-16/h3-9,11-12,17-18H,2,10H2,1H3. The van der Waals surface area contributed by atoms with Gasteiger partial charge in [-0.05, 0) is 36.6 Å². The Morgan fingerprint density at radius 2 is 2.05 bits per heavy atom. The summed E-state index contributed by atoms with van der Waals surface area (Å²) in [5.74, 6) is 0.905. The lowest BCUT2D eigenvalue weighted by atomic mass is 10.0. The minimum Gasteiger partial charge on any atom is -0.467 e. The Balaban J connectivity index is 2.09. The zero-order valence-corrected chi connectivity index (χ0v) is 11.5. The minimum atomic E-state index is -0.00366. The van der Waals surface area contributed by atoms with Crippen LogP contribution in [0.15, 0.2) is 59.3 Å². The third-order valence-corrected chi connectivity index (χ3v) is 3.40. The molecule has 0 spiro atoms. The monoisotopic (exact) mass is 266 g/mol. The molecule has 0 aliphatic heterocycles. The third-order valence-electron chi connectivity index (χ3n) is 3.40. The van der Waals surface area contributed by atoms with Gasteiger partial charge in [0.15, 0.2) is 0 Å². The quantitative estimate of drug-likeness (QED) is 0.760. The molecule has 0 saturated carbocycles. The van der Waals surface area contributed by atoms with Crippen molar-refractivity contribution in [2.75, 3.05) is 6.54 Å². The first-order chi connectivity index (χ1) is 9.90. The van der Waals surface area contributed by atoms with Crippen LogP contribution in [0.5, 0.6) is 0 Å². The van der Waals surface area contributed by atoms with E-state index in [4.69, 9.17) is 4.42 Å². The molecule has 20 heavy (non-hydrogen) atoms. The number of pyridine rings is 1. The van der Waals surface area contributed by atoms with Gasteiger partial charge < -0.3 is 9.73 Å². The smallest absolute Gasteiger partial charge is 0.126 e. The van der Waals surface area contributed by atoms with Gasteiger partial charge in [-0.1, -0.05) is 31.2 Å². The molecule has 1 atom stereocenters. The summed E-state index contributed by atoms with van der Waals surface area (Å²) >= 11 is 0. The van der Waals surface area contributed by atoms with Crippen molar-refractivity contribution in [2.24, 2.45) is 0 Å². The molecule has 3 heteroatoms. The van der Waals surface area contributed by atoms with Crippen molar-refractivity contribution in [1.82, 2.24) is 10.3 Å². The van der Waals surface area contributed by atoms with Gasteiger partial charge in [-0.2, -0.15) is 0 Å². The number of aromatic nitrogens is 1. The molecule has 102 valence electrons. The van der Waals surface area contributed by atoms with Gasteiger partial charge in [0.05, 0.1) is 12.0 Å². The number of nitrogens with one attached hydrogen (secondary N) is 1. The van der Waals surface area contributed by atoms with Crippen LogP contribution in [0.25, 0.3) is 10.8 Å². The van der Waals surface area contributed by atoms with Crippen molar-refractivity contribution >= 4 is 10.8 Å². The van der Waals surface area contributed by atoms with Crippen molar-refractivity contribution in [2.45, 2.75) is 19.4 Å². The van der Waals surface area contributed by atoms with Gasteiger partial charge in [-0.25, -0.2) is 0 Å². The maximum atomic E-state index is 5.59. The van der Waals surface area contributed by atoms with E-state index in [1.807, 2.05) is 36.5 Å². The van der Waals surface area contributed by atoms with Gasteiger partial charge in [0.1, 0.15) is 11.8 Å². The molecule has 3 rings (SSSR count). The average Bonchev–Trinajstić information content (AvgIpc) is 3.02. The first-order valence-electron chi connectivity index (χ1n) is 7.00. The van der Waals surface area contributed by atoms with Crippen LogP contribution >= 0.6 is 0 Å². The predicted octanol–water partition coefficient (Wildman–Crippen LogP) is 3.92. The second-order valence-electron chi connectivity index (χ2n) is 4.82. The molecule has 3 nitrogen and oxygen atoms in total. The summed E-state index contributed by atoms with van der Waals surface area (Å²) in [6, 6.07) is 14.3. The molecule has 0 saturated heterocycles. The highest BCUT2D eigenvalue weighted by Crippen LogP contribution is 2.27. The number of benzene rings is 1. The Hall–Kier alpha value is -2.13. The van der Waals surface area contributed by atoms with E-state index in [1.54, 1.807) is 6.26 Å². The van der Waals surface area contributed by atoms with E-state index in [0.29, 0.717) is 0 Å². The zero-order valence-electron chi connectivity index (χ0n) is 11.5. The van der Waals surface area contributed by atoms with Gasteiger partial charge in [-0.3, -0.25) is 4.98 Å². The number of nitrogens with zero attached hydrogens (tertiary/aromatic N) is 1. The van der Waals surface area contributed by atoms with E-state index in [-0.39, 0.29) is 6.04 Å². The van der Waals surface area contributed by atoms with Gasteiger partial charge in [0.25, 0.3) is 0 Å². The number of fused-ring (bicyclic) bond motifs is 1. The maximum Gasteiger partial charge on any atom is 0.126 e. The molecule has 3 aromatic rings. The van der Waals surface area contributed by atoms with Crippen molar-refractivity contribution in [1.29, 1.82) is 0 Å². The number of hydrogen-bond donors (Lipinski definition) is 1. The van der Waals surface area contributed by atoms with E-state index < -0.39 is 0 Å². The summed E-state index contributed by atoms with van der Waals surface area (Å²) in [5.41, 5.74) is 1.02. The second-order valence-corrected chi connectivity index (χ2v) is 4.82. The predicted molar refractivity (Wildman–Crippen MR) is 80.6 cm³/mol. The molecule has 1 aromatic carbocycles. The summed E-state index contributed by atoms with van der Waals surface area (Å²) in [7, 11) is 0. The molecular formula is C17H18N2O. The van der Waals surface area contributed by atoms with E-state index in [0.717, 1.165) is 24.4 Å². The fraction of sp³-hybridized carbons (Fsp3) is 0.235. The third kappa shape index (κ3) is 2.45. The van der Waals surface area contributed by atoms with Crippen LogP contribution < -0.4 is 5.32 Å². The molecule has 0 fully saturated rings. The first-order valence-corrected chi connectivity index (χ1v) is 7.00. The second kappa shape index (κ2) is 5.88. The van der Waals surface area contributed by atoms with Gasteiger partial charge in [0.2, 0.25) is 0 Å². The number of rotatable bonds is 5. The normalized spacial score (nSPS) is 12.7. The van der Waals surface area contributed by atoms with Crippen LogP contribution in [-0.2, 0) is 0 Å². The molecule has 0 aliphatic carbocycles. The minimum absolute atomic E-state index is 0.00366. The lowest BCUT2D eigenvalue weighted by molar-refractivity contribution is 0.443. The zero-order chi connectivity index (χ0) is 13.8. The van der Waals surface area contributed by atoms with Crippen LogP contribution in [0.1, 0.15) is 30.8 Å². The van der Waals surface area contributed by atoms with Crippen LogP contribution in [0.3, 0.4) is 0 Å². The summed E-state index contributed by atoms with van der Waals surface area (Å²) in [4.78, 5) is 4.59. The summed E-state index contributed by atoms with van der Waals surface area (Å²) < 4.78 is 5.59. The largest absolute Gasteiger partial charge is 0.467 e. The molecule has 0 amide bonds. The summed E-state index contributed by atoms with van der Waals surface area (Å²) in [6.07, 6.45) is 4.64. The lowest BCUT2D eigenvalue weighted by Crippen LogP contribution is -2.23. The molecule has 0 aliphatic rings. The van der Waals surface area contributed by atoms with Crippen LogP contribution in [0.2, 0.25) is 0 Å². The highest BCUT2D eigenvalue weighted by Gasteiger charge is 2.19. The van der Waals surface area contributed by atoms with E-state index in [2.05, 4.69) is 29.4 Å². The first kappa shape index (κ1) is 12.9. The van der Waals surface area contributed by atoms with Gasteiger partial charge in [-0.15, -0.1) is 0 Å². The molecule has 2 heterocycles. The maximum absolute atomic E-state index is 5.59. The highest BCUT2D eigenvalue weighted by molar-refractivity contribution is 5.84. The molecule has 1 N–H and O–H groups in total. The Labute approximate surface area is 118 Å². The molecule has 0 bridgehead atoms. The Bertz CT molecular complexity index is 671. The van der Waals surface area contributed by atoms with E-state index in [1.165, 1.54) is 10.8 Å². The summed E-state index contributed by atoms with van der Waals surface area (Å²) in [6.45, 7) is 3.08. The molecular weight excluding hydrogens is 248 g/mol. The van der Waals surface area contributed by atoms with Gasteiger partial charge >= 0.3 is 0 Å². The highest BCUT2D eigenvalue weighted by atomic mass is 16.3. The van der Waals surface area contributed by atoms with E-state index in [9.17, 15) is 0 Å². The Morgan fingerprint density at radius 1 is 1.15 bits per heavy atom. The van der Waals surface area contributed by atoms with E-state index >= 15 is 0 Å². The Morgan fingerprint density at radius 3 is 2.85 bits per heavy atom. The lowest BCUT2D eigenvalue weighted by Gasteiger charge is -2.17. The molecule has 2 aromatic heterocycles. The topological polar surface area (TPSA) is 38.1 Å².